The molecule has 0 saturated carbocycles. The predicted molar refractivity (Wildman–Crippen MR) is 103 cm³/mol. The van der Waals surface area contributed by atoms with Crippen LogP contribution >= 0.6 is 11.6 Å². The predicted octanol–water partition coefficient (Wildman–Crippen LogP) is 3.66. The minimum Gasteiger partial charge on any atom is -0.366 e. The van der Waals surface area contributed by atoms with Crippen LogP contribution < -0.4 is 5.73 Å². The maximum Gasteiger partial charge on any atom is 0.270 e. The number of hydrogen-bond donors (Lipinski definition) is 2. The number of rotatable bonds is 4. The van der Waals surface area contributed by atoms with Crippen LogP contribution in [-0.2, 0) is 6.42 Å². The molecule has 0 atom stereocenters. The van der Waals surface area contributed by atoms with Gasteiger partial charge in [-0.05, 0) is 55.4 Å². The van der Waals surface area contributed by atoms with Crippen LogP contribution in [0.5, 0.6) is 0 Å². The molecule has 6 heteroatoms. The number of aryl methyl sites for hydroxylation is 1. The van der Waals surface area contributed by atoms with Crippen LogP contribution in [0.25, 0.3) is 0 Å². The van der Waals surface area contributed by atoms with Crippen molar-refractivity contribution in [2.24, 2.45) is 5.73 Å². The Morgan fingerprint density at radius 1 is 1.23 bits per heavy atom. The average molecular weight is 374 g/mol. The lowest BCUT2D eigenvalue weighted by Crippen LogP contribution is -2.38. The summed E-state index contributed by atoms with van der Waals surface area (Å²) in [7, 11) is 0. The quantitative estimate of drug-likeness (QED) is 0.857. The van der Waals surface area contributed by atoms with E-state index in [1.54, 1.807) is 6.92 Å². The Hall–Kier alpha value is -2.27. The molecule has 0 radical (unpaired) electrons. The first-order valence-electron chi connectivity index (χ1n) is 8.98. The van der Waals surface area contributed by atoms with Gasteiger partial charge >= 0.3 is 0 Å². The number of benzene rings is 1. The van der Waals surface area contributed by atoms with Crippen molar-refractivity contribution >= 4 is 23.4 Å². The summed E-state index contributed by atoms with van der Waals surface area (Å²) in [5, 5.41) is 0.737. The summed E-state index contributed by atoms with van der Waals surface area (Å²) in [6.07, 6.45) is 2.42. The zero-order valence-electron chi connectivity index (χ0n) is 15.1. The van der Waals surface area contributed by atoms with Gasteiger partial charge in [-0.3, -0.25) is 9.59 Å². The van der Waals surface area contributed by atoms with Crippen LogP contribution in [-0.4, -0.2) is 34.8 Å². The molecule has 1 aromatic carbocycles. The van der Waals surface area contributed by atoms with E-state index in [2.05, 4.69) is 17.1 Å². The van der Waals surface area contributed by atoms with Crippen LogP contribution in [0.15, 0.2) is 24.3 Å². The number of hydrogen-bond acceptors (Lipinski definition) is 2. The Labute approximate surface area is 158 Å². The number of likely N-dealkylation sites (tertiary alicyclic amines) is 1. The number of halogens is 1. The number of nitrogens with one attached hydrogen (secondary N) is 1. The third-order valence-electron chi connectivity index (χ3n) is 5.23. The second-order valence-corrected chi connectivity index (χ2v) is 7.25. The maximum atomic E-state index is 13.0. The normalized spacial score (nSPS) is 15.3. The molecule has 2 amide bonds. The van der Waals surface area contributed by atoms with Crippen LogP contribution in [0.3, 0.4) is 0 Å². The minimum atomic E-state index is -0.490. The number of H-pyrrole nitrogens is 1. The Morgan fingerprint density at radius 2 is 1.85 bits per heavy atom. The average Bonchev–Trinajstić information content (AvgIpc) is 2.98. The van der Waals surface area contributed by atoms with Gasteiger partial charge in [0.1, 0.15) is 5.69 Å². The summed E-state index contributed by atoms with van der Waals surface area (Å²) in [4.78, 5) is 29.6. The molecule has 1 fully saturated rings. The molecule has 0 spiro atoms. The largest absolute Gasteiger partial charge is 0.366 e. The number of primary amides is 1. The number of aromatic nitrogens is 1. The molecule has 138 valence electrons. The van der Waals surface area contributed by atoms with Crippen LogP contribution in [0.2, 0.25) is 5.02 Å². The fraction of sp³-hybridized carbons (Fsp3) is 0.400. The monoisotopic (exact) mass is 373 g/mol. The topological polar surface area (TPSA) is 79.2 Å². The number of carbonyl (C=O) groups is 2. The molecule has 1 saturated heterocycles. The number of aromatic amines is 1. The van der Waals surface area contributed by atoms with E-state index in [1.165, 1.54) is 5.56 Å². The molecule has 3 rings (SSSR count). The first-order valence-corrected chi connectivity index (χ1v) is 9.36. The zero-order valence-corrected chi connectivity index (χ0v) is 15.9. The molecule has 1 aliphatic heterocycles. The van der Waals surface area contributed by atoms with Gasteiger partial charge in [0, 0.05) is 23.8 Å². The lowest BCUT2D eigenvalue weighted by atomic mass is 9.89. The van der Waals surface area contributed by atoms with Crippen molar-refractivity contribution in [3.05, 3.63) is 57.4 Å². The van der Waals surface area contributed by atoms with Crippen molar-refractivity contribution in [1.29, 1.82) is 0 Å². The fourth-order valence-corrected chi connectivity index (χ4v) is 3.98. The van der Waals surface area contributed by atoms with Crippen molar-refractivity contribution in [2.45, 2.75) is 39.0 Å². The molecular weight excluding hydrogens is 350 g/mol. The summed E-state index contributed by atoms with van der Waals surface area (Å²) in [5.41, 5.74) is 9.09. The van der Waals surface area contributed by atoms with Gasteiger partial charge in [0.2, 0.25) is 0 Å². The van der Waals surface area contributed by atoms with Crippen LogP contribution in [0.4, 0.5) is 0 Å². The van der Waals surface area contributed by atoms with Gasteiger partial charge in [-0.25, -0.2) is 0 Å². The summed E-state index contributed by atoms with van der Waals surface area (Å²) < 4.78 is 0. The number of piperidine rings is 1. The molecule has 5 nitrogen and oxygen atoms in total. The van der Waals surface area contributed by atoms with Crippen molar-refractivity contribution in [2.75, 3.05) is 13.1 Å². The SMILES string of the molecule is CCc1c(C(=O)N2CCC(c3ccc(Cl)cc3)CC2)[nH]c(C)c1C(N)=O. The lowest BCUT2D eigenvalue weighted by molar-refractivity contribution is 0.0706. The second-order valence-electron chi connectivity index (χ2n) is 6.81. The smallest absolute Gasteiger partial charge is 0.270 e. The second kappa shape index (κ2) is 7.54. The van der Waals surface area contributed by atoms with Crippen molar-refractivity contribution < 1.29 is 9.59 Å². The van der Waals surface area contributed by atoms with Gasteiger partial charge in [0.05, 0.1) is 5.56 Å². The molecule has 1 aliphatic rings. The highest BCUT2D eigenvalue weighted by atomic mass is 35.5. The van der Waals surface area contributed by atoms with E-state index < -0.39 is 5.91 Å². The van der Waals surface area contributed by atoms with Crippen LogP contribution in [0.1, 0.15) is 63.4 Å². The number of amides is 2. The van der Waals surface area contributed by atoms with Gasteiger partial charge in [0.15, 0.2) is 0 Å². The molecule has 0 unspecified atom stereocenters. The van der Waals surface area contributed by atoms with Crippen molar-refractivity contribution in [3.8, 4) is 0 Å². The Bertz CT molecular complexity index is 818. The molecule has 2 aromatic rings. The van der Waals surface area contributed by atoms with E-state index in [4.69, 9.17) is 17.3 Å². The van der Waals surface area contributed by atoms with Crippen LogP contribution in [0, 0.1) is 6.92 Å². The summed E-state index contributed by atoms with van der Waals surface area (Å²) in [6.45, 7) is 5.10. The third kappa shape index (κ3) is 3.49. The molecule has 3 N–H and O–H groups in total. The van der Waals surface area contributed by atoms with Gasteiger partial charge in [-0.1, -0.05) is 30.7 Å². The van der Waals surface area contributed by atoms with E-state index >= 15 is 0 Å². The summed E-state index contributed by atoms with van der Waals surface area (Å²) in [6, 6.07) is 7.95. The number of nitrogens with two attached hydrogens (primary N) is 1. The Kier molecular flexibility index (Phi) is 5.37. The highest BCUT2D eigenvalue weighted by molar-refractivity contribution is 6.30. The minimum absolute atomic E-state index is 0.0491. The van der Waals surface area contributed by atoms with Gasteiger partial charge < -0.3 is 15.6 Å². The van der Waals surface area contributed by atoms with E-state index in [1.807, 2.05) is 24.0 Å². The first-order chi connectivity index (χ1) is 12.4. The standard InChI is InChI=1S/C20H24ClN3O2/c1-3-16-17(19(22)25)12(2)23-18(16)20(26)24-10-8-14(9-11-24)13-4-6-15(21)7-5-13/h4-7,14,23H,3,8-11H2,1-2H3,(H2,22,25). The molecule has 0 aliphatic carbocycles. The summed E-state index contributed by atoms with van der Waals surface area (Å²) in [5.74, 6) is -0.100. The Morgan fingerprint density at radius 3 is 2.38 bits per heavy atom. The van der Waals surface area contributed by atoms with Crippen molar-refractivity contribution in [3.63, 3.8) is 0 Å². The van der Waals surface area contributed by atoms with Gasteiger partial charge in [-0.2, -0.15) is 0 Å². The lowest BCUT2D eigenvalue weighted by Gasteiger charge is -2.32. The van der Waals surface area contributed by atoms with E-state index in [0.29, 0.717) is 42.4 Å². The molecule has 0 bridgehead atoms. The van der Waals surface area contributed by atoms with Gasteiger partial charge in [-0.15, -0.1) is 0 Å². The number of carbonyl (C=O) groups excluding carboxylic acids is 2. The molecule has 2 heterocycles. The highest BCUT2D eigenvalue weighted by Gasteiger charge is 2.29. The maximum absolute atomic E-state index is 13.0. The van der Waals surface area contributed by atoms with Crippen molar-refractivity contribution in [1.82, 2.24) is 9.88 Å². The van der Waals surface area contributed by atoms with E-state index in [-0.39, 0.29) is 5.91 Å². The highest BCUT2D eigenvalue weighted by Crippen LogP contribution is 2.30. The zero-order chi connectivity index (χ0) is 18.8. The summed E-state index contributed by atoms with van der Waals surface area (Å²) >= 11 is 5.96. The van der Waals surface area contributed by atoms with E-state index in [0.717, 1.165) is 23.4 Å². The molecular formula is C20H24ClN3O2. The Balaban J connectivity index is 1.74. The van der Waals surface area contributed by atoms with E-state index in [9.17, 15) is 9.59 Å². The fourth-order valence-electron chi connectivity index (χ4n) is 3.86. The third-order valence-corrected chi connectivity index (χ3v) is 5.48. The molecule has 1 aromatic heterocycles. The van der Waals surface area contributed by atoms with Gasteiger partial charge in [0.25, 0.3) is 11.8 Å². The first kappa shape index (κ1) is 18.5. The molecule has 26 heavy (non-hydrogen) atoms. The number of nitrogens with zero attached hydrogens (tertiary/aromatic N) is 1.